The smallest absolute Gasteiger partial charge is 0.0784 e. The largest absolute Gasteiger partial charge is 1.00 e. The molecule has 2 heteroatoms. The van der Waals surface area contributed by atoms with Gasteiger partial charge in [0.25, 0.3) is 0 Å². The standard InChI is InChI=1S/C34H72N.BrH/c1-5-8-11-14-17-20-23-26-29-32-35(4,33-30-27-24-21-18-15-12-9-6-2)34-31-28-25-22-19-16-13-10-7-3;/h5-34H2,1-4H3;1H/q+1;/p-1. The molecule has 0 aromatic heterocycles. The van der Waals surface area contributed by atoms with Gasteiger partial charge in [-0.2, -0.15) is 0 Å². The number of quaternary nitrogens is 1. The van der Waals surface area contributed by atoms with Gasteiger partial charge in [0.15, 0.2) is 0 Å². The second-order valence-electron chi connectivity index (χ2n) is 12.3. The lowest BCUT2D eigenvalue weighted by Gasteiger charge is -2.35. The first-order valence-corrected chi connectivity index (χ1v) is 17.0. The molecular formula is C34H72BrN. The van der Waals surface area contributed by atoms with Crippen LogP contribution in [-0.2, 0) is 0 Å². The van der Waals surface area contributed by atoms with Crippen molar-refractivity contribution in [3.63, 3.8) is 0 Å². The van der Waals surface area contributed by atoms with Gasteiger partial charge in [-0.1, -0.05) is 156 Å². The molecule has 0 saturated heterocycles. The summed E-state index contributed by atoms with van der Waals surface area (Å²) in [5.41, 5.74) is 0. The summed E-state index contributed by atoms with van der Waals surface area (Å²) in [5.74, 6) is 0. The zero-order valence-electron chi connectivity index (χ0n) is 26.0. The first-order chi connectivity index (χ1) is 17.2. The Bertz CT molecular complexity index is 328. The molecule has 0 aromatic carbocycles. The monoisotopic (exact) mass is 573 g/mol. The van der Waals surface area contributed by atoms with Crippen molar-refractivity contribution in [2.45, 2.75) is 194 Å². The molecule has 0 radical (unpaired) electrons. The summed E-state index contributed by atoms with van der Waals surface area (Å²) >= 11 is 0. The molecule has 36 heavy (non-hydrogen) atoms. The summed E-state index contributed by atoms with van der Waals surface area (Å²) in [6, 6.07) is 0. The Morgan fingerprint density at radius 2 is 0.444 bits per heavy atom. The van der Waals surface area contributed by atoms with Gasteiger partial charge in [-0.15, -0.1) is 0 Å². The zero-order chi connectivity index (χ0) is 25.7. The fraction of sp³-hybridized carbons (Fsp3) is 1.00. The van der Waals surface area contributed by atoms with Gasteiger partial charge in [0.05, 0.1) is 26.7 Å². The highest BCUT2D eigenvalue weighted by molar-refractivity contribution is 4.52. The van der Waals surface area contributed by atoms with E-state index < -0.39 is 0 Å². The summed E-state index contributed by atoms with van der Waals surface area (Å²) in [6.45, 7) is 11.3. The van der Waals surface area contributed by atoms with E-state index in [1.165, 1.54) is 197 Å². The lowest BCUT2D eigenvalue weighted by atomic mass is 10.0. The molecule has 0 bridgehead atoms. The predicted octanol–water partition coefficient (Wildman–Crippen LogP) is 9.03. The van der Waals surface area contributed by atoms with Crippen molar-refractivity contribution in [2.75, 3.05) is 26.7 Å². The maximum Gasteiger partial charge on any atom is 0.0784 e. The number of halogens is 1. The number of hydrogen-bond acceptors (Lipinski definition) is 0. The van der Waals surface area contributed by atoms with Crippen molar-refractivity contribution in [2.24, 2.45) is 0 Å². The third kappa shape index (κ3) is 29.0. The van der Waals surface area contributed by atoms with E-state index in [9.17, 15) is 0 Å². The Morgan fingerprint density at radius 3 is 0.639 bits per heavy atom. The highest BCUT2D eigenvalue weighted by Crippen LogP contribution is 2.17. The average Bonchev–Trinajstić information content (AvgIpc) is 2.86. The molecule has 0 aliphatic heterocycles. The highest BCUT2D eigenvalue weighted by Gasteiger charge is 2.20. The minimum atomic E-state index is 0. The third-order valence-electron chi connectivity index (χ3n) is 8.40. The average molecular weight is 575 g/mol. The number of rotatable bonds is 30. The van der Waals surface area contributed by atoms with Gasteiger partial charge < -0.3 is 21.5 Å². The first-order valence-electron chi connectivity index (χ1n) is 17.0. The fourth-order valence-corrected chi connectivity index (χ4v) is 5.75. The van der Waals surface area contributed by atoms with E-state index >= 15 is 0 Å². The van der Waals surface area contributed by atoms with Crippen LogP contribution in [0.1, 0.15) is 194 Å². The Morgan fingerprint density at radius 1 is 0.278 bits per heavy atom. The summed E-state index contributed by atoms with van der Waals surface area (Å²) in [7, 11) is 2.60. The van der Waals surface area contributed by atoms with Crippen LogP contribution in [0.5, 0.6) is 0 Å². The molecule has 0 aromatic rings. The molecule has 0 rings (SSSR count). The maximum atomic E-state index is 2.60. The molecule has 1 nitrogen and oxygen atoms in total. The number of hydrogen-bond donors (Lipinski definition) is 0. The third-order valence-corrected chi connectivity index (χ3v) is 8.40. The van der Waals surface area contributed by atoms with E-state index in [-0.39, 0.29) is 17.0 Å². The summed E-state index contributed by atoms with van der Waals surface area (Å²) < 4.78 is 1.36. The molecular weight excluding hydrogens is 502 g/mol. The molecule has 0 spiro atoms. The van der Waals surface area contributed by atoms with Crippen LogP contribution in [0.4, 0.5) is 0 Å². The molecule has 220 valence electrons. The molecule has 0 saturated carbocycles. The molecule has 0 aliphatic carbocycles. The SMILES string of the molecule is CCCCCCCCCCC[N+](C)(CCCCCCCCCCC)CCCCCCCCCCC.[Br-]. The van der Waals surface area contributed by atoms with E-state index in [0.717, 1.165) is 0 Å². The molecule has 0 heterocycles. The molecule has 0 atom stereocenters. The Labute approximate surface area is 241 Å². The van der Waals surface area contributed by atoms with Crippen LogP contribution in [0.3, 0.4) is 0 Å². The van der Waals surface area contributed by atoms with Crippen molar-refractivity contribution >= 4 is 0 Å². The summed E-state index contributed by atoms with van der Waals surface area (Å²) in [5, 5.41) is 0. The van der Waals surface area contributed by atoms with Crippen LogP contribution < -0.4 is 17.0 Å². The maximum absolute atomic E-state index is 2.60. The van der Waals surface area contributed by atoms with Crippen LogP contribution in [0, 0.1) is 0 Å². The van der Waals surface area contributed by atoms with Crippen molar-refractivity contribution in [1.82, 2.24) is 0 Å². The van der Waals surface area contributed by atoms with Crippen LogP contribution >= 0.6 is 0 Å². The molecule has 0 fully saturated rings. The van der Waals surface area contributed by atoms with Gasteiger partial charge in [0, 0.05) is 0 Å². The second-order valence-corrected chi connectivity index (χ2v) is 12.3. The van der Waals surface area contributed by atoms with Gasteiger partial charge in [0.1, 0.15) is 0 Å². The highest BCUT2D eigenvalue weighted by atomic mass is 79.9. The van der Waals surface area contributed by atoms with Crippen LogP contribution in [0.2, 0.25) is 0 Å². The van der Waals surface area contributed by atoms with Gasteiger partial charge in [-0.3, -0.25) is 0 Å². The molecule has 0 aliphatic rings. The van der Waals surface area contributed by atoms with E-state index in [2.05, 4.69) is 27.8 Å². The Hall–Kier alpha value is 0.440. The molecule has 0 amide bonds. The zero-order valence-corrected chi connectivity index (χ0v) is 27.6. The van der Waals surface area contributed by atoms with Crippen LogP contribution in [-0.4, -0.2) is 31.2 Å². The van der Waals surface area contributed by atoms with E-state index in [1.807, 2.05) is 0 Å². The minimum absolute atomic E-state index is 0. The topological polar surface area (TPSA) is 0 Å². The number of nitrogens with zero attached hydrogens (tertiary/aromatic N) is 1. The van der Waals surface area contributed by atoms with Gasteiger partial charge in [-0.25, -0.2) is 0 Å². The summed E-state index contributed by atoms with van der Waals surface area (Å²) in [4.78, 5) is 0. The van der Waals surface area contributed by atoms with E-state index in [1.54, 1.807) is 0 Å². The van der Waals surface area contributed by atoms with E-state index in [4.69, 9.17) is 0 Å². The Balaban J connectivity index is 0. The van der Waals surface area contributed by atoms with E-state index in [0.29, 0.717) is 0 Å². The summed E-state index contributed by atoms with van der Waals surface area (Å²) in [6.07, 6.45) is 39.3. The predicted molar refractivity (Wildman–Crippen MR) is 162 cm³/mol. The number of unbranched alkanes of at least 4 members (excludes halogenated alkanes) is 24. The quantitative estimate of drug-likeness (QED) is 0.0593. The van der Waals surface area contributed by atoms with Crippen molar-refractivity contribution < 1.29 is 21.5 Å². The first kappa shape index (κ1) is 38.6. The lowest BCUT2D eigenvalue weighted by molar-refractivity contribution is -0.910. The fourth-order valence-electron chi connectivity index (χ4n) is 5.75. The minimum Gasteiger partial charge on any atom is -1.00 e. The lowest BCUT2D eigenvalue weighted by Crippen LogP contribution is -3.00. The van der Waals surface area contributed by atoms with Crippen molar-refractivity contribution in [3.8, 4) is 0 Å². The van der Waals surface area contributed by atoms with Crippen molar-refractivity contribution in [1.29, 1.82) is 0 Å². The van der Waals surface area contributed by atoms with Crippen LogP contribution in [0.25, 0.3) is 0 Å². The van der Waals surface area contributed by atoms with Gasteiger partial charge >= 0.3 is 0 Å². The Kier molecular flexibility index (Phi) is 33.9. The normalized spacial score (nSPS) is 11.7. The second kappa shape index (κ2) is 31.7. The van der Waals surface area contributed by atoms with Crippen LogP contribution in [0.15, 0.2) is 0 Å². The van der Waals surface area contributed by atoms with Gasteiger partial charge in [0.2, 0.25) is 0 Å². The molecule has 0 unspecified atom stereocenters. The van der Waals surface area contributed by atoms with Crippen molar-refractivity contribution in [3.05, 3.63) is 0 Å². The van der Waals surface area contributed by atoms with Gasteiger partial charge in [-0.05, 0) is 38.5 Å². The molecule has 0 N–H and O–H groups in total.